The number of amides is 2. The van der Waals surface area contributed by atoms with Gasteiger partial charge in [-0.15, -0.1) is 0 Å². The average Bonchev–Trinajstić information content (AvgIpc) is 2.72. The van der Waals surface area contributed by atoms with Crippen molar-refractivity contribution in [1.82, 2.24) is 4.90 Å². The lowest BCUT2D eigenvalue weighted by Crippen LogP contribution is -2.44. The monoisotopic (exact) mass is 384 g/mol. The van der Waals surface area contributed by atoms with Gasteiger partial charge >= 0.3 is 0 Å². The second-order valence-electron chi connectivity index (χ2n) is 7.00. The van der Waals surface area contributed by atoms with Crippen molar-refractivity contribution in [3.63, 3.8) is 0 Å². The third kappa shape index (κ3) is 5.16. The van der Waals surface area contributed by atoms with Crippen LogP contribution in [0.2, 0.25) is 0 Å². The molecule has 2 amide bonds. The predicted octanol–water partition coefficient (Wildman–Crippen LogP) is 3.71. The fraction of sp³-hybridized carbons (Fsp3) is 0.364. The van der Waals surface area contributed by atoms with Crippen LogP contribution < -0.4 is 5.32 Å². The Balaban J connectivity index is 1.59. The van der Waals surface area contributed by atoms with E-state index >= 15 is 0 Å². The van der Waals surface area contributed by atoms with Crippen LogP contribution in [-0.2, 0) is 14.3 Å². The Morgan fingerprint density at radius 2 is 1.96 bits per heavy atom. The summed E-state index contributed by atoms with van der Waals surface area (Å²) in [7, 11) is 1.57. The van der Waals surface area contributed by atoms with Crippen molar-refractivity contribution >= 4 is 17.5 Å². The molecule has 1 unspecified atom stereocenters. The maximum atomic E-state index is 13.4. The summed E-state index contributed by atoms with van der Waals surface area (Å²) in [5.41, 5.74) is 2.36. The van der Waals surface area contributed by atoms with Gasteiger partial charge in [0, 0.05) is 25.9 Å². The quantitative estimate of drug-likeness (QED) is 0.826. The van der Waals surface area contributed by atoms with E-state index in [1.54, 1.807) is 18.1 Å². The standard InChI is InChI=1S/C22H25FN2O3/c1-28-13-11-21(26)25-12-3-5-18(15-25)22(27)24-20-9-7-16(8-10-20)17-4-2-6-19(23)14-17/h2,4,6-10,14,18H,3,5,11-13,15H2,1H3,(H,24,27). The Hall–Kier alpha value is -2.73. The molecular weight excluding hydrogens is 359 g/mol. The van der Waals surface area contributed by atoms with Crippen LogP contribution >= 0.6 is 0 Å². The molecule has 0 saturated carbocycles. The summed E-state index contributed by atoms with van der Waals surface area (Å²) in [5, 5.41) is 2.93. The van der Waals surface area contributed by atoms with Gasteiger partial charge in [0.05, 0.1) is 18.9 Å². The van der Waals surface area contributed by atoms with E-state index in [4.69, 9.17) is 4.74 Å². The minimum atomic E-state index is -0.281. The largest absolute Gasteiger partial charge is 0.384 e. The summed E-state index contributed by atoms with van der Waals surface area (Å²) in [6.07, 6.45) is 1.92. The number of nitrogens with one attached hydrogen (secondary N) is 1. The van der Waals surface area contributed by atoms with Gasteiger partial charge in [0.1, 0.15) is 5.82 Å². The Kier molecular flexibility index (Phi) is 6.76. The molecule has 1 fully saturated rings. The van der Waals surface area contributed by atoms with E-state index in [1.807, 2.05) is 30.3 Å². The first-order valence-corrected chi connectivity index (χ1v) is 9.50. The highest BCUT2D eigenvalue weighted by atomic mass is 19.1. The molecule has 0 bridgehead atoms. The number of hydrogen-bond donors (Lipinski definition) is 1. The first-order chi connectivity index (χ1) is 13.6. The molecule has 1 heterocycles. The lowest BCUT2D eigenvalue weighted by Gasteiger charge is -2.32. The van der Waals surface area contributed by atoms with Gasteiger partial charge < -0.3 is 15.0 Å². The number of likely N-dealkylation sites (tertiary alicyclic amines) is 1. The van der Waals surface area contributed by atoms with E-state index in [9.17, 15) is 14.0 Å². The number of ether oxygens (including phenoxy) is 1. The number of carbonyl (C=O) groups excluding carboxylic acids is 2. The number of piperidine rings is 1. The van der Waals surface area contributed by atoms with Gasteiger partial charge in [-0.05, 0) is 48.2 Å². The number of carbonyl (C=O) groups is 2. The second kappa shape index (κ2) is 9.46. The summed E-state index contributed by atoms with van der Waals surface area (Å²) in [5.74, 6) is -0.554. The van der Waals surface area contributed by atoms with E-state index in [0.717, 1.165) is 24.0 Å². The van der Waals surface area contributed by atoms with Crippen molar-refractivity contribution in [2.24, 2.45) is 5.92 Å². The minimum Gasteiger partial charge on any atom is -0.384 e. The second-order valence-corrected chi connectivity index (χ2v) is 7.00. The van der Waals surface area contributed by atoms with Crippen molar-refractivity contribution in [3.8, 4) is 11.1 Å². The topological polar surface area (TPSA) is 58.6 Å². The van der Waals surface area contributed by atoms with E-state index in [2.05, 4.69) is 5.32 Å². The molecule has 1 aliphatic heterocycles. The van der Waals surface area contributed by atoms with Gasteiger partial charge in [0.25, 0.3) is 0 Å². The lowest BCUT2D eigenvalue weighted by molar-refractivity contribution is -0.135. The van der Waals surface area contributed by atoms with E-state index < -0.39 is 0 Å². The third-order valence-electron chi connectivity index (χ3n) is 4.98. The number of nitrogens with zero attached hydrogens (tertiary/aromatic N) is 1. The molecule has 1 saturated heterocycles. The number of hydrogen-bond acceptors (Lipinski definition) is 3. The highest BCUT2D eigenvalue weighted by Gasteiger charge is 2.28. The van der Waals surface area contributed by atoms with Crippen molar-refractivity contribution in [1.29, 1.82) is 0 Å². The van der Waals surface area contributed by atoms with Gasteiger partial charge in [-0.3, -0.25) is 9.59 Å². The molecule has 5 nitrogen and oxygen atoms in total. The lowest BCUT2D eigenvalue weighted by atomic mass is 9.96. The predicted molar refractivity (Wildman–Crippen MR) is 106 cm³/mol. The number of benzene rings is 2. The maximum Gasteiger partial charge on any atom is 0.229 e. The first-order valence-electron chi connectivity index (χ1n) is 9.50. The Morgan fingerprint density at radius 3 is 2.68 bits per heavy atom. The molecule has 0 aliphatic carbocycles. The SMILES string of the molecule is COCCC(=O)N1CCCC(C(=O)Nc2ccc(-c3cccc(F)c3)cc2)C1. The molecule has 2 aromatic carbocycles. The van der Waals surface area contributed by atoms with Crippen LogP contribution in [0.15, 0.2) is 48.5 Å². The first kappa shape index (κ1) is 20.0. The van der Waals surface area contributed by atoms with E-state index in [1.165, 1.54) is 12.1 Å². The Morgan fingerprint density at radius 1 is 1.18 bits per heavy atom. The summed E-state index contributed by atoms with van der Waals surface area (Å²) in [6, 6.07) is 13.7. The molecule has 3 rings (SSSR count). The van der Waals surface area contributed by atoms with Gasteiger partial charge in [0.15, 0.2) is 0 Å². The maximum absolute atomic E-state index is 13.4. The van der Waals surface area contributed by atoms with E-state index in [0.29, 0.717) is 31.8 Å². The molecule has 1 N–H and O–H groups in total. The Bertz CT molecular complexity index is 823. The normalized spacial score (nSPS) is 16.6. The van der Waals surface area contributed by atoms with Crippen LogP contribution in [0.4, 0.5) is 10.1 Å². The Labute approximate surface area is 164 Å². The van der Waals surface area contributed by atoms with Gasteiger partial charge in [0.2, 0.25) is 11.8 Å². The molecule has 2 aromatic rings. The van der Waals surface area contributed by atoms with Crippen LogP contribution in [0.25, 0.3) is 11.1 Å². The van der Waals surface area contributed by atoms with Crippen LogP contribution in [0.5, 0.6) is 0 Å². The van der Waals surface area contributed by atoms with Gasteiger partial charge in [-0.1, -0.05) is 24.3 Å². The molecule has 28 heavy (non-hydrogen) atoms. The minimum absolute atomic E-state index is 0.0267. The summed E-state index contributed by atoms with van der Waals surface area (Å²) < 4.78 is 18.3. The van der Waals surface area contributed by atoms with Crippen molar-refractivity contribution in [3.05, 3.63) is 54.3 Å². The van der Waals surface area contributed by atoms with E-state index in [-0.39, 0.29) is 23.5 Å². The fourth-order valence-electron chi connectivity index (χ4n) is 3.42. The zero-order valence-corrected chi connectivity index (χ0v) is 16.0. The molecule has 1 aliphatic rings. The molecule has 6 heteroatoms. The summed E-state index contributed by atoms with van der Waals surface area (Å²) in [4.78, 5) is 26.5. The number of anilines is 1. The fourth-order valence-corrected chi connectivity index (χ4v) is 3.42. The molecule has 148 valence electrons. The van der Waals surface area contributed by atoms with Gasteiger partial charge in [-0.2, -0.15) is 0 Å². The molecule has 0 radical (unpaired) electrons. The molecular formula is C22H25FN2O3. The zero-order valence-electron chi connectivity index (χ0n) is 16.0. The third-order valence-corrected chi connectivity index (χ3v) is 4.98. The highest BCUT2D eigenvalue weighted by Crippen LogP contribution is 2.23. The molecule has 1 atom stereocenters. The van der Waals surface area contributed by atoms with Gasteiger partial charge in [-0.25, -0.2) is 4.39 Å². The molecule has 0 spiro atoms. The van der Waals surface area contributed by atoms with Crippen LogP contribution in [0.3, 0.4) is 0 Å². The van der Waals surface area contributed by atoms with Crippen LogP contribution in [0.1, 0.15) is 19.3 Å². The van der Waals surface area contributed by atoms with Crippen molar-refractivity contribution < 1.29 is 18.7 Å². The average molecular weight is 384 g/mol. The summed E-state index contributed by atoms with van der Waals surface area (Å²) in [6.45, 7) is 1.52. The highest BCUT2D eigenvalue weighted by molar-refractivity contribution is 5.93. The number of methoxy groups -OCH3 is 1. The number of rotatable bonds is 6. The summed E-state index contributed by atoms with van der Waals surface area (Å²) >= 11 is 0. The van der Waals surface area contributed by atoms with Crippen LogP contribution in [-0.4, -0.2) is 43.5 Å². The molecule has 0 aromatic heterocycles. The van der Waals surface area contributed by atoms with Crippen molar-refractivity contribution in [2.45, 2.75) is 19.3 Å². The zero-order chi connectivity index (χ0) is 19.9. The van der Waals surface area contributed by atoms with Crippen molar-refractivity contribution in [2.75, 3.05) is 32.1 Å². The number of halogens is 1. The smallest absolute Gasteiger partial charge is 0.229 e. The van der Waals surface area contributed by atoms with Crippen LogP contribution in [0, 0.1) is 11.7 Å².